The number of aliphatic imine (C=N–C) groups is 1. The molecule has 0 fully saturated rings. The molecule has 0 radical (unpaired) electrons. The molecule has 0 saturated heterocycles. The molecule has 1 aromatic rings. The third kappa shape index (κ3) is 9.63. The van der Waals surface area contributed by atoms with Gasteiger partial charge >= 0.3 is 0 Å². The molecule has 8 heteroatoms. The van der Waals surface area contributed by atoms with Gasteiger partial charge in [-0.25, -0.2) is 4.99 Å². The van der Waals surface area contributed by atoms with Gasteiger partial charge in [0.2, 0.25) is 0 Å². The molecular weight excluding hydrogens is 324 g/mol. The van der Waals surface area contributed by atoms with Crippen molar-refractivity contribution >= 4 is 11.6 Å². The van der Waals surface area contributed by atoms with Crippen LogP contribution in [0, 0.1) is 10.1 Å². The van der Waals surface area contributed by atoms with E-state index in [-0.39, 0.29) is 5.69 Å². The second-order valence-corrected chi connectivity index (χ2v) is 5.34. The van der Waals surface area contributed by atoms with E-state index in [0.717, 1.165) is 38.1 Å². The van der Waals surface area contributed by atoms with Gasteiger partial charge in [0, 0.05) is 52.2 Å². The highest BCUT2D eigenvalue weighted by atomic mass is 16.6. The minimum atomic E-state index is -0.407. The second kappa shape index (κ2) is 13.1. The molecule has 1 aromatic carbocycles. The maximum atomic E-state index is 10.7. The van der Waals surface area contributed by atoms with Gasteiger partial charge < -0.3 is 20.1 Å². The van der Waals surface area contributed by atoms with Crippen LogP contribution in [0.1, 0.15) is 25.3 Å². The zero-order valence-electron chi connectivity index (χ0n) is 15.0. The van der Waals surface area contributed by atoms with Gasteiger partial charge in [-0.3, -0.25) is 10.1 Å². The summed E-state index contributed by atoms with van der Waals surface area (Å²) in [6.07, 6.45) is 1.78. The molecule has 0 amide bonds. The minimum absolute atomic E-state index is 0.0830. The molecule has 25 heavy (non-hydrogen) atoms. The Kier molecular flexibility index (Phi) is 11.0. The van der Waals surface area contributed by atoms with Gasteiger partial charge in [0.15, 0.2) is 5.96 Å². The Morgan fingerprint density at radius 2 is 1.80 bits per heavy atom. The van der Waals surface area contributed by atoms with Gasteiger partial charge in [-0.2, -0.15) is 0 Å². The lowest BCUT2D eigenvalue weighted by atomic mass is 10.2. The monoisotopic (exact) mass is 352 g/mol. The predicted octanol–water partition coefficient (Wildman–Crippen LogP) is 2.09. The van der Waals surface area contributed by atoms with Gasteiger partial charge in [-0.05, 0) is 25.3 Å². The summed E-state index contributed by atoms with van der Waals surface area (Å²) in [5, 5.41) is 17.2. The molecular formula is C17H28N4O4. The second-order valence-electron chi connectivity index (χ2n) is 5.34. The number of nitro benzene ring substituents is 1. The SMILES string of the molecule is CCOCCCNC(=NCc1ccc([N+](=O)[O-])cc1)NCCCOC. The molecule has 0 aliphatic carbocycles. The molecule has 140 valence electrons. The van der Waals surface area contributed by atoms with Crippen LogP contribution in [0.15, 0.2) is 29.3 Å². The van der Waals surface area contributed by atoms with E-state index in [2.05, 4.69) is 15.6 Å². The first kappa shape index (κ1) is 20.9. The average molecular weight is 352 g/mol. The predicted molar refractivity (Wildman–Crippen MR) is 97.8 cm³/mol. The van der Waals surface area contributed by atoms with Crippen LogP contribution in [0.2, 0.25) is 0 Å². The standard InChI is InChI=1S/C17H28N4O4/c1-3-25-13-5-11-19-17(18-10-4-12-24-2)20-14-15-6-8-16(9-7-15)21(22)23/h6-9H,3-5,10-14H2,1-2H3,(H2,18,19,20). The molecule has 0 spiro atoms. The van der Waals surface area contributed by atoms with Crippen molar-refractivity contribution in [1.29, 1.82) is 0 Å². The summed E-state index contributed by atoms with van der Waals surface area (Å²) in [5.41, 5.74) is 0.998. The lowest BCUT2D eigenvalue weighted by Gasteiger charge is -2.12. The maximum absolute atomic E-state index is 10.7. The number of nitrogens with one attached hydrogen (secondary N) is 2. The van der Waals surface area contributed by atoms with E-state index in [1.807, 2.05) is 6.92 Å². The summed E-state index contributed by atoms with van der Waals surface area (Å²) in [6, 6.07) is 6.43. The van der Waals surface area contributed by atoms with E-state index in [4.69, 9.17) is 9.47 Å². The largest absolute Gasteiger partial charge is 0.385 e. The molecule has 1 rings (SSSR count). The van der Waals surface area contributed by atoms with Crippen molar-refractivity contribution in [2.24, 2.45) is 4.99 Å². The first-order chi connectivity index (χ1) is 12.2. The zero-order chi connectivity index (χ0) is 18.3. The van der Waals surface area contributed by atoms with Crippen LogP contribution in [-0.4, -0.2) is 50.9 Å². The molecule has 0 heterocycles. The number of hydrogen-bond donors (Lipinski definition) is 2. The van der Waals surface area contributed by atoms with Crippen LogP contribution in [-0.2, 0) is 16.0 Å². The highest BCUT2D eigenvalue weighted by Gasteiger charge is 2.04. The highest BCUT2D eigenvalue weighted by Crippen LogP contribution is 2.12. The van der Waals surface area contributed by atoms with Crippen molar-refractivity contribution in [2.75, 3.05) is 40.0 Å². The normalized spacial score (nSPS) is 11.4. The summed E-state index contributed by atoms with van der Waals surface area (Å²) < 4.78 is 10.4. The zero-order valence-corrected chi connectivity index (χ0v) is 15.0. The van der Waals surface area contributed by atoms with E-state index in [1.165, 1.54) is 12.1 Å². The Bertz CT molecular complexity index is 520. The fourth-order valence-electron chi connectivity index (χ4n) is 2.02. The Morgan fingerprint density at radius 3 is 2.36 bits per heavy atom. The molecule has 0 aromatic heterocycles. The fraction of sp³-hybridized carbons (Fsp3) is 0.588. The number of rotatable bonds is 12. The van der Waals surface area contributed by atoms with Gasteiger partial charge in [-0.15, -0.1) is 0 Å². The average Bonchev–Trinajstić information content (AvgIpc) is 2.62. The Morgan fingerprint density at radius 1 is 1.16 bits per heavy atom. The quantitative estimate of drug-likeness (QED) is 0.196. The van der Waals surface area contributed by atoms with Gasteiger partial charge in [0.1, 0.15) is 0 Å². The number of benzene rings is 1. The molecule has 0 atom stereocenters. The summed E-state index contributed by atoms with van der Waals surface area (Å²) in [7, 11) is 1.68. The van der Waals surface area contributed by atoms with Crippen LogP contribution in [0.3, 0.4) is 0 Å². The first-order valence-electron chi connectivity index (χ1n) is 8.49. The number of methoxy groups -OCH3 is 1. The minimum Gasteiger partial charge on any atom is -0.385 e. The number of ether oxygens (including phenoxy) is 2. The van der Waals surface area contributed by atoms with Crippen molar-refractivity contribution in [3.8, 4) is 0 Å². The molecule has 8 nitrogen and oxygen atoms in total. The van der Waals surface area contributed by atoms with Crippen molar-refractivity contribution in [3.05, 3.63) is 39.9 Å². The fourth-order valence-corrected chi connectivity index (χ4v) is 2.02. The summed E-state index contributed by atoms with van der Waals surface area (Å²) >= 11 is 0. The third-order valence-corrected chi connectivity index (χ3v) is 3.35. The lowest BCUT2D eigenvalue weighted by Crippen LogP contribution is -2.39. The third-order valence-electron chi connectivity index (χ3n) is 3.35. The molecule has 0 saturated carbocycles. The van der Waals surface area contributed by atoms with E-state index in [0.29, 0.717) is 25.7 Å². The number of nitro groups is 1. The van der Waals surface area contributed by atoms with Crippen molar-refractivity contribution in [2.45, 2.75) is 26.3 Å². The first-order valence-corrected chi connectivity index (χ1v) is 8.49. The Labute approximate surface area is 148 Å². The maximum Gasteiger partial charge on any atom is 0.269 e. The summed E-state index contributed by atoms with van der Waals surface area (Å²) in [6.45, 7) is 6.05. The van der Waals surface area contributed by atoms with Gasteiger partial charge in [0.25, 0.3) is 5.69 Å². The smallest absolute Gasteiger partial charge is 0.269 e. The Balaban J connectivity index is 2.52. The summed E-state index contributed by atoms with van der Waals surface area (Å²) in [5.74, 6) is 0.714. The van der Waals surface area contributed by atoms with E-state index >= 15 is 0 Å². The number of non-ortho nitro benzene ring substituents is 1. The number of guanidine groups is 1. The topological polar surface area (TPSA) is 98.0 Å². The number of nitrogens with zero attached hydrogens (tertiary/aromatic N) is 2. The van der Waals surface area contributed by atoms with Crippen molar-refractivity contribution in [1.82, 2.24) is 10.6 Å². The molecule has 0 aliphatic heterocycles. The van der Waals surface area contributed by atoms with E-state index in [1.54, 1.807) is 19.2 Å². The summed E-state index contributed by atoms with van der Waals surface area (Å²) in [4.78, 5) is 14.8. The number of hydrogen-bond acceptors (Lipinski definition) is 5. The van der Waals surface area contributed by atoms with Crippen LogP contribution in [0.5, 0.6) is 0 Å². The molecule has 0 aliphatic rings. The van der Waals surface area contributed by atoms with Crippen LogP contribution >= 0.6 is 0 Å². The van der Waals surface area contributed by atoms with Gasteiger partial charge in [-0.1, -0.05) is 12.1 Å². The van der Waals surface area contributed by atoms with Crippen LogP contribution in [0.25, 0.3) is 0 Å². The van der Waals surface area contributed by atoms with Gasteiger partial charge in [0.05, 0.1) is 11.5 Å². The van der Waals surface area contributed by atoms with E-state index in [9.17, 15) is 10.1 Å². The lowest BCUT2D eigenvalue weighted by molar-refractivity contribution is -0.384. The molecule has 2 N–H and O–H groups in total. The van der Waals surface area contributed by atoms with E-state index < -0.39 is 4.92 Å². The molecule has 0 bridgehead atoms. The van der Waals surface area contributed by atoms with Crippen LogP contribution in [0.4, 0.5) is 5.69 Å². The van der Waals surface area contributed by atoms with Crippen molar-refractivity contribution < 1.29 is 14.4 Å². The highest BCUT2D eigenvalue weighted by molar-refractivity contribution is 5.79. The van der Waals surface area contributed by atoms with Crippen LogP contribution < -0.4 is 10.6 Å². The Hall–Kier alpha value is -2.19. The molecule has 0 unspecified atom stereocenters. The van der Waals surface area contributed by atoms with Crippen molar-refractivity contribution in [3.63, 3.8) is 0 Å².